The van der Waals surface area contributed by atoms with Crippen LogP contribution >= 0.6 is 0 Å². The van der Waals surface area contributed by atoms with Crippen LogP contribution in [0, 0.1) is 0 Å². The molecule has 0 aliphatic heterocycles. The Bertz CT molecular complexity index is 360. The molecule has 1 aromatic carbocycles. The zero-order valence-electron chi connectivity index (χ0n) is 11.7. The molecule has 1 atom stereocenters. The Morgan fingerprint density at radius 1 is 1.17 bits per heavy atom. The predicted molar refractivity (Wildman–Crippen MR) is 74.4 cm³/mol. The van der Waals surface area contributed by atoms with E-state index in [4.69, 9.17) is 0 Å². The summed E-state index contributed by atoms with van der Waals surface area (Å²) in [5.41, 5.74) is 1.06. The molecule has 0 radical (unpaired) electrons. The number of Topliss-reactive ketones (excluding diaryl/α,β-unsaturated/α-hetero) is 1. The maximum atomic E-state index is 11.6. The number of benzene rings is 1. The third-order valence-electron chi connectivity index (χ3n) is 2.40. The molecule has 0 bridgehead atoms. The number of rotatable bonds is 5. The van der Waals surface area contributed by atoms with Crippen LogP contribution in [0.3, 0.4) is 0 Å². The summed E-state index contributed by atoms with van der Waals surface area (Å²) in [5.74, 6) is -0.0956. The van der Waals surface area contributed by atoms with Crippen LogP contribution in [0.1, 0.15) is 39.7 Å². The van der Waals surface area contributed by atoms with Crippen LogP contribution in [0.15, 0.2) is 30.3 Å². The molecule has 1 rings (SSSR count). The van der Waals surface area contributed by atoms with Crippen molar-refractivity contribution in [1.29, 1.82) is 0 Å². The van der Waals surface area contributed by atoms with Crippen molar-refractivity contribution in [3.63, 3.8) is 0 Å². The van der Waals surface area contributed by atoms with Gasteiger partial charge in [-0.05, 0) is 12.0 Å². The van der Waals surface area contributed by atoms with Crippen LogP contribution in [-0.4, -0.2) is 17.7 Å². The lowest BCUT2D eigenvalue weighted by Crippen LogP contribution is -2.41. The molecule has 0 aromatic heterocycles. The fraction of sp³-hybridized carbons (Fsp3) is 0.467. The normalized spacial score (nSPS) is 10.9. The van der Waals surface area contributed by atoms with Crippen molar-refractivity contribution >= 4 is 11.7 Å². The number of carbonyl (C=O) groups is 2. The second-order valence-electron chi connectivity index (χ2n) is 3.76. The molecule has 0 fully saturated rings. The summed E-state index contributed by atoms with van der Waals surface area (Å²) >= 11 is 0. The topological polar surface area (TPSA) is 46.2 Å². The van der Waals surface area contributed by atoms with E-state index in [2.05, 4.69) is 5.32 Å². The Balaban J connectivity index is 0.00000137. The van der Waals surface area contributed by atoms with E-state index in [-0.39, 0.29) is 11.7 Å². The molecular weight excluding hydrogens is 226 g/mol. The van der Waals surface area contributed by atoms with E-state index >= 15 is 0 Å². The monoisotopic (exact) mass is 249 g/mol. The maximum Gasteiger partial charge on any atom is 0.217 e. The fourth-order valence-corrected chi connectivity index (χ4v) is 1.59. The highest BCUT2D eigenvalue weighted by Crippen LogP contribution is 2.05. The van der Waals surface area contributed by atoms with Gasteiger partial charge in [0.25, 0.3) is 0 Å². The van der Waals surface area contributed by atoms with Gasteiger partial charge in [-0.15, -0.1) is 0 Å². The molecule has 0 spiro atoms. The number of ketones is 1. The van der Waals surface area contributed by atoms with Crippen LogP contribution in [0.4, 0.5) is 0 Å². The van der Waals surface area contributed by atoms with Gasteiger partial charge < -0.3 is 5.32 Å². The highest BCUT2D eigenvalue weighted by atomic mass is 16.2. The van der Waals surface area contributed by atoms with Crippen molar-refractivity contribution in [1.82, 2.24) is 5.32 Å². The number of amides is 1. The van der Waals surface area contributed by atoms with Crippen molar-refractivity contribution in [2.45, 2.75) is 46.6 Å². The van der Waals surface area contributed by atoms with Gasteiger partial charge in [-0.1, -0.05) is 51.1 Å². The molecule has 1 unspecified atom stereocenters. The van der Waals surface area contributed by atoms with Crippen molar-refractivity contribution in [3.05, 3.63) is 35.9 Å². The summed E-state index contributed by atoms with van der Waals surface area (Å²) in [4.78, 5) is 22.6. The van der Waals surface area contributed by atoms with E-state index in [9.17, 15) is 9.59 Å². The number of hydrogen-bond donors (Lipinski definition) is 1. The van der Waals surface area contributed by atoms with Crippen LogP contribution in [-0.2, 0) is 16.0 Å². The standard InChI is InChI=1S/C13H17NO2.C2H6/c1-3-13(16)12(14-10(2)15)9-11-7-5-4-6-8-11;1-2/h4-8,12H,3,9H2,1-2H3,(H,14,15);1-2H3. The van der Waals surface area contributed by atoms with Gasteiger partial charge in [-0.2, -0.15) is 0 Å². The van der Waals surface area contributed by atoms with E-state index in [0.29, 0.717) is 12.8 Å². The molecule has 0 aliphatic rings. The third-order valence-corrected chi connectivity index (χ3v) is 2.40. The number of carbonyl (C=O) groups excluding carboxylic acids is 2. The minimum atomic E-state index is -0.398. The zero-order valence-corrected chi connectivity index (χ0v) is 11.7. The summed E-state index contributed by atoms with van der Waals surface area (Å²) in [6.45, 7) is 7.24. The van der Waals surface area contributed by atoms with Crippen molar-refractivity contribution in [3.8, 4) is 0 Å². The average molecular weight is 249 g/mol. The second kappa shape index (κ2) is 9.40. The summed E-state index contributed by atoms with van der Waals surface area (Å²) < 4.78 is 0. The van der Waals surface area contributed by atoms with Gasteiger partial charge in [-0.3, -0.25) is 9.59 Å². The van der Waals surface area contributed by atoms with Crippen LogP contribution in [0.2, 0.25) is 0 Å². The molecule has 3 heteroatoms. The largest absolute Gasteiger partial charge is 0.346 e. The SMILES string of the molecule is CC.CCC(=O)C(Cc1ccccc1)NC(C)=O. The van der Waals surface area contributed by atoms with Gasteiger partial charge in [0.05, 0.1) is 6.04 Å². The lowest BCUT2D eigenvalue weighted by atomic mass is 10.0. The molecule has 0 saturated carbocycles. The van der Waals surface area contributed by atoms with E-state index in [1.165, 1.54) is 6.92 Å². The molecule has 1 amide bonds. The maximum absolute atomic E-state index is 11.6. The first kappa shape index (κ1) is 16.4. The quantitative estimate of drug-likeness (QED) is 0.872. The van der Waals surface area contributed by atoms with Gasteiger partial charge in [0.15, 0.2) is 5.78 Å². The molecule has 1 N–H and O–H groups in total. The third kappa shape index (κ3) is 6.18. The highest BCUT2D eigenvalue weighted by Gasteiger charge is 2.17. The second-order valence-corrected chi connectivity index (χ2v) is 3.76. The summed E-state index contributed by atoms with van der Waals surface area (Å²) in [6, 6.07) is 9.30. The molecule has 3 nitrogen and oxygen atoms in total. The zero-order chi connectivity index (χ0) is 14.0. The lowest BCUT2D eigenvalue weighted by Gasteiger charge is -2.15. The van der Waals surface area contributed by atoms with E-state index in [1.54, 1.807) is 0 Å². The Kier molecular flexibility index (Phi) is 8.54. The fourth-order valence-electron chi connectivity index (χ4n) is 1.59. The molecule has 1 aromatic rings. The van der Waals surface area contributed by atoms with E-state index < -0.39 is 6.04 Å². The number of nitrogens with one attached hydrogen (secondary N) is 1. The first-order valence-corrected chi connectivity index (χ1v) is 6.47. The van der Waals surface area contributed by atoms with Gasteiger partial charge in [0.2, 0.25) is 5.91 Å². The van der Waals surface area contributed by atoms with Gasteiger partial charge in [0, 0.05) is 13.3 Å². The minimum absolute atomic E-state index is 0.0686. The van der Waals surface area contributed by atoms with Crippen LogP contribution in [0.25, 0.3) is 0 Å². The van der Waals surface area contributed by atoms with Crippen LogP contribution in [0.5, 0.6) is 0 Å². The average Bonchev–Trinajstić information content (AvgIpc) is 2.40. The van der Waals surface area contributed by atoms with E-state index in [1.807, 2.05) is 51.1 Å². The van der Waals surface area contributed by atoms with Gasteiger partial charge in [0.1, 0.15) is 0 Å². The smallest absolute Gasteiger partial charge is 0.217 e. The first-order chi connectivity index (χ1) is 8.63. The van der Waals surface area contributed by atoms with E-state index in [0.717, 1.165) is 5.56 Å². The Labute approximate surface area is 110 Å². The molecule has 0 heterocycles. The lowest BCUT2D eigenvalue weighted by molar-refractivity contribution is -0.126. The Hall–Kier alpha value is -1.64. The molecule has 0 aliphatic carbocycles. The van der Waals surface area contributed by atoms with Crippen molar-refractivity contribution < 1.29 is 9.59 Å². The van der Waals surface area contributed by atoms with Gasteiger partial charge in [-0.25, -0.2) is 0 Å². The summed E-state index contributed by atoms with van der Waals surface area (Å²) in [5, 5.41) is 2.69. The van der Waals surface area contributed by atoms with Crippen LogP contribution < -0.4 is 5.32 Å². The molecular formula is C15H23NO2. The minimum Gasteiger partial charge on any atom is -0.346 e. The number of hydrogen-bond acceptors (Lipinski definition) is 2. The van der Waals surface area contributed by atoms with Gasteiger partial charge >= 0.3 is 0 Å². The van der Waals surface area contributed by atoms with Crippen molar-refractivity contribution in [2.75, 3.05) is 0 Å². The van der Waals surface area contributed by atoms with Crippen molar-refractivity contribution in [2.24, 2.45) is 0 Å². The molecule has 18 heavy (non-hydrogen) atoms. The highest BCUT2D eigenvalue weighted by molar-refractivity contribution is 5.88. The first-order valence-electron chi connectivity index (χ1n) is 6.47. The Morgan fingerprint density at radius 2 is 1.72 bits per heavy atom. The summed E-state index contributed by atoms with van der Waals surface area (Å²) in [6.07, 6.45) is 1.00. The molecule has 100 valence electrons. The molecule has 0 saturated heterocycles. The summed E-state index contributed by atoms with van der Waals surface area (Å²) in [7, 11) is 0. The Morgan fingerprint density at radius 3 is 2.17 bits per heavy atom. The predicted octanol–water partition coefficient (Wildman–Crippen LogP) is 2.74.